The van der Waals surface area contributed by atoms with E-state index in [1.165, 1.54) is 6.08 Å². The first-order valence-electron chi connectivity index (χ1n) is 5.49. The van der Waals surface area contributed by atoms with E-state index in [0.29, 0.717) is 17.3 Å². The molecule has 0 amide bonds. The summed E-state index contributed by atoms with van der Waals surface area (Å²) < 4.78 is 0. The van der Waals surface area contributed by atoms with Crippen molar-refractivity contribution in [2.75, 3.05) is 0 Å². The molecule has 1 N–H and O–H groups in total. The van der Waals surface area contributed by atoms with Crippen LogP contribution in [0.4, 0.5) is 0 Å². The minimum absolute atomic E-state index is 0.00407. The Morgan fingerprint density at radius 1 is 1.50 bits per heavy atom. The smallest absolute Gasteiger partial charge is 0.291 e. The molecule has 0 aliphatic heterocycles. The maximum Gasteiger partial charge on any atom is 0.291 e. The molecular formula is C12H20N2O2. The van der Waals surface area contributed by atoms with Crippen molar-refractivity contribution < 1.29 is 4.92 Å². The Morgan fingerprint density at radius 2 is 2.00 bits per heavy atom. The van der Waals surface area contributed by atoms with E-state index in [1.54, 1.807) is 6.92 Å². The van der Waals surface area contributed by atoms with E-state index in [-0.39, 0.29) is 5.70 Å². The van der Waals surface area contributed by atoms with Crippen molar-refractivity contribution in [3.63, 3.8) is 0 Å². The predicted molar refractivity (Wildman–Crippen MR) is 66.5 cm³/mol. The molecule has 4 nitrogen and oxygen atoms in total. The van der Waals surface area contributed by atoms with Gasteiger partial charge < -0.3 is 5.32 Å². The highest BCUT2D eigenvalue weighted by Crippen LogP contribution is 2.23. The molecule has 0 aromatic rings. The Balaban J connectivity index is 0.00000106. The summed E-state index contributed by atoms with van der Waals surface area (Å²) >= 11 is 0. The summed E-state index contributed by atoms with van der Waals surface area (Å²) in [4.78, 5) is 10.2. The van der Waals surface area contributed by atoms with E-state index in [9.17, 15) is 10.1 Å². The molecule has 4 heteroatoms. The van der Waals surface area contributed by atoms with Crippen molar-refractivity contribution >= 4 is 0 Å². The lowest BCUT2D eigenvalue weighted by molar-refractivity contribution is -0.420. The molecule has 1 saturated carbocycles. The maximum absolute atomic E-state index is 10.7. The average molecular weight is 224 g/mol. The molecule has 0 bridgehead atoms. The third-order valence-corrected chi connectivity index (χ3v) is 2.00. The zero-order chi connectivity index (χ0) is 12.7. The minimum Gasteiger partial charge on any atom is -0.377 e. The number of allylic oxidation sites excluding steroid dienone is 2. The molecule has 0 heterocycles. The van der Waals surface area contributed by atoms with Crippen molar-refractivity contribution in [2.45, 2.75) is 39.7 Å². The van der Waals surface area contributed by atoms with Crippen LogP contribution in [-0.2, 0) is 0 Å². The molecule has 0 atom stereocenters. The quantitative estimate of drug-likeness (QED) is 0.443. The minimum atomic E-state index is -0.438. The Kier molecular flexibility index (Phi) is 6.15. The second kappa shape index (κ2) is 6.82. The molecule has 0 aromatic heterocycles. The second-order valence-electron chi connectivity index (χ2n) is 3.42. The van der Waals surface area contributed by atoms with Gasteiger partial charge in [0, 0.05) is 12.1 Å². The molecule has 1 aliphatic rings. The fourth-order valence-electron chi connectivity index (χ4n) is 1.12. The fourth-order valence-corrected chi connectivity index (χ4v) is 1.12. The standard InChI is InChI=1S/C10H14N2O2.C2H6/c1-4-9(12(13)14)10(7(2)3)11-8-5-6-8;1-2/h4,8,11H,1-2,5-6H2,3H3;1-2H3/b10-9-;. The van der Waals surface area contributed by atoms with E-state index >= 15 is 0 Å². The van der Waals surface area contributed by atoms with Gasteiger partial charge >= 0.3 is 0 Å². The van der Waals surface area contributed by atoms with Gasteiger partial charge in [0.15, 0.2) is 0 Å². The van der Waals surface area contributed by atoms with Gasteiger partial charge in [-0.25, -0.2) is 0 Å². The topological polar surface area (TPSA) is 55.2 Å². The lowest BCUT2D eigenvalue weighted by Gasteiger charge is -2.08. The van der Waals surface area contributed by atoms with Crippen LogP contribution >= 0.6 is 0 Å². The summed E-state index contributed by atoms with van der Waals surface area (Å²) in [6.07, 6.45) is 3.39. The summed E-state index contributed by atoms with van der Waals surface area (Å²) in [5, 5.41) is 13.8. The van der Waals surface area contributed by atoms with Crippen LogP contribution in [0, 0.1) is 10.1 Å². The van der Waals surface area contributed by atoms with Crippen LogP contribution in [-0.4, -0.2) is 11.0 Å². The Bertz CT molecular complexity index is 315. The van der Waals surface area contributed by atoms with E-state index < -0.39 is 4.92 Å². The molecule has 0 spiro atoms. The van der Waals surface area contributed by atoms with Crippen LogP contribution in [0.15, 0.2) is 36.2 Å². The molecule has 1 fully saturated rings. The van der Waals surface area contributed by atoms with Gasteiger partial charge in [-0.3, -0.25) is 10.1 Å². The third-order valence-electron chi connectivity index (χ3n) is 2.00. The first-order chi connectivity index (χ1) is 7.56. The summed E-state index contributed by atoms with van der Waals surface area (Å²) in [6, 6.07) is 0.372. The summed E-state index contributed by atoms with van der Waals surface area (Å²) in [7, 11) is 0. The van der Waals surface area contributed by atoms with E-state index in [4.69, 9.17) is 0 Å². The van der Waals surface area contributed by atoms with Crippen LogP contribution in [0.1, 0.15) is 33.6 Å². The lowest BCUT2D eigenvalue weighted by Crippen LogP contribution is -2.20. The Hall–Kier alpha value is -1.58. The monoisotopic (exact) mass is 224 g/mol. The van der Waals surface area contributed by atoms with Crippen molar-refractivity contribution in [2.24, 2.45) is 0 Å². The van der Waals surface area contributed by atoms with Gasteiger partial charge in [-0.2, -0.15) is 0 Å². The van der Waals surface area contributed by atoms with E-state index in [2.05, 4.69) is 18.5 Å². The van der Waals surface area contributed by atoms with Crippen LogP contribution in [0.2, 0.25) is 0 Å². The zero-order valence-corrected chi connectivity index (χ0v) is 10.2. The summed E-state index contributed by atoms with van der Waals surface area (Å²) in [5.41, 5.74) is 1.18. The highest BCUT2D eigenvalue weighted by Gasteiger charge is 2.25. The van der Waals surface area contributed by atoms with Crippen molar-refractivity contribution in [1.29, 1.82) is 0 Å². The molecular weight excluding hydrogens is 204 g/mol. The van der Waals surface area contributed by atoms with E-state index in [1.807, 2.05) is 13.8 Å². The Morgan fingerprint density at radius 3 is 2.25 bits per heavy atom. The highest BCUT2D eigenvalue weighted by molar-refractivity contribution is 5.32. The number of hydrogen-bond acceptors (Lipinski definition) is 3. The van der Waals surface area contributed by atoms with Crippen LogP contribution < -0.4 is 5.32 Å². The molecule has 16 heavy (non-hydrogen) atoms. The molecule has 0 saturated heterocycles. The first kappa shape index (κ1) is 14.4. The number of nitro groups is 1. The van der Waals surface area contributed by atoms with Gasteiger partial charge in [0.05, 0.1) is 4.92 Å². The average Bonchev–Trinajstić information content (AvgIpc) is 3.03. The van der Waals surface area contributed by atoms with Crippen molar-refractivity contribution in [3.8, 4) is 0 Å². The van der Waals surface area contributed by atoms with Gasteiger partial charge in [-0.1, -0.05) is 27.0 Å². The predicted octanol–water partition coefficient (Wildman–Crippen LogP) is 3.02. The van der Waals surface area contributed by atoms with Crippen molar-refractivity contribution in [3.05, 3.63) is 46.3 Å². The number of nitrogens with one attached hydrogen (secondary N) is 1. The molecule has 90 valence electrons. The lowest BCUT2D eigenvalue weighted by atomic mass is 10.2. The maximum atomic E-state index is 10.7. The molecule has 0 unspecified atom stereocenters. The van der Waals surface area contributed by atoms with Crippen LogP contribution in [0.3, 0.4) is 0 Å². The highest BCUT2D eigenvalue weighted by atomic mass is 16.6. The summed E-state index contributed by atoms with van der Waals surface area (Å²) in [6.45, 7) is 12.9. The van der Waals surface area contributed by atoms with Crippen LogP contribution in [0.25, 0.3) is 0 Å². The summed E-state index contributed by atoms with van der Waals surface area (Å²) in [5.74, 6) is 0. The van der Waals surface area contributed by atoms with Gasteiger partial charge in [0.2, 0.25) is 0 Å². The molecule has 1 rings (SSSR count). The van der Waals surface area contributed by atoms with Gasteiger partial charge in [-0.05, 0) is 25.3 Å². The number of nitrogens with zero attached hydrogens (tertiary/aromatic N) is 1. The van der Waals surface area contributed by atoms with Gasteiger partial charge in [0.1, 0.15) is 5.70 Å². The van der Waals surface area contributed by atoms with Gasteiger partial charge in [-0.15, -0.1) is 0 Å². The third kappa shape index (κ3) is 4.29. The molecule has 1 aliphatic carbocycles. The Labute approximate surface area is 96.9 Å². The SMILES string of the molecule is C=C/C(=C(/NC1CC1)C(=C)C)[N+](=O)[O-].CC. The molecule has 0 radical (unpaired) electrons. The number of hydrogen-bond donors (Lipinski definition) is 1. The zero-order valence-electron chi connectivity index (χ0n) is 10.2. The fraction of sp³-hybridized carbons (Fsp3) is 0.500. The van der Waals surface area contributed by atoms with Crippen molar-refractivity contribution in [1.82, 2.24) is 5.32 Å². The van der Waals surface area contributed by atoms with Crippen LogP contribution in [0.5, 0.6) is 0 Å². The normalized spacial score (nSPS) is 15.2. The van der Waals surface area contributed by atoms with E-state index in [0.717, 1.165) is 12.8 Å². The number of rotatable bonds is 5. The molecule has 0 aromatic carbocycles. The first-order valence-corrected chi connectivity index (χ1v) is 5.49. The van der Waals surface area contributed by atoms with Gasteiger partial charge in [0.25, 0.3) is 5.70 Å². The second-order valence-corrected chi connectivity index (χ2v) is 3.42. The largest absolute Gasteiger partial charge is 0.377 e.